The first-order valence-electron chi connectivity index (χ1n) is 5.82. The highest BCUT2D eigenvalue weighted by Gasteiger charge is 2.09. The molecule has 1 aromatic carbocycles. The summed E-state index contributed by atoms with van der Waals surface area (Å²) in [5, 5.41) is 4.04. The van der Waals surface area contributed by atoms with Crippen LogP contribution < -0.4 is 10.5 Å². The lowest BCUT2D eigenvalue weighted by atomic mass is 10.2. The predicted molar refractivity (Wildman–Crippen MR) is 75.7 cm³/mol. The first-order chi connectivity index (χ1) is 9.19. The zero-order valence-corrected chi connectivity index (χ0v) is 11.4. The summed E-state index contributed by atoms with van der Waals surface area (Å²) in [7, 11) is 1.53. The number of rotatable bonds is 5. The molecule has 1 aromatic heterocycles. The molecule has 19 heavy (non-hydrogen) atoms. The van der Waals surface area contributed by atoms with Crippen LogP contribution in [-0.4, -0.2) is 19.7 Å². The molecule has 0 bridgehead atoms. The summed E-state index contributed by atoms with van der Waals surface area (Å²) in [6.45, 7) is 0.354. The molecule has 0 atom stereocenters. The van der Waals surface area contributed by atoms with Gasteiger partial charge in [0.2, 0.25) is 0 Å². The van der Waals surface area contributed by atoms with Crippen LogP contribution in [0.1, 0.15) is 15.9 Å². The summed E-state index contributed by atoms with van der Waals surface area (Å²) in [5.41, 5.74) is 7.74. The van der Waals surface area contributed by atoms with E-state index in [0.29, 0.717) is 30.0 Å². The number of benzene rings is 1. The zero-order valence-electron chi connectivity index (χ0n) is 10.6. The number of esters is 1. The Kier molecular flexibility index (Phi) is 4.41. The highest BCUT2D eigenvalue weighted by molar-refractivity contribution is 7.07. The van der Waals surface area contributed by atoms with Gasteiger partial charge in [-0.05, 0) is 34.5 Å². The number of methoxy groups -OCH3 is 1. The molecule has 0 spiro atoms. The van der Waals surface area contributed by atoms with Gasteiger partial charge in [-0.25, -0.2) is 4.79 Å². The summed E-state index contributed by atoms with van der Waals surface area (Å²) < 4.78 is 10.3. The number of hydrogen-bond donors (Lipinski definition) is 1. The van der Waals surface area contributed by atoms with Gasteiger partial charge in [0.1, 0.15) is 5.75 Å². The molecule has 0 amide bonds. The van der Waals surface area contributed by atoms with Gasteiger partial charge in [-0.15, -0.1) is 0 Å². The monoisotopic (exact) mass is 277 g/mol. The third-order valence-electron chi connectivity index (χ3n) is 2.60. The molecule has 2 rings (SSSR count). The quantitative estimate of drug-likeness (QED) is 0.674. The summed E-state index contributed by atoms with van der Waals surface area (Å²) >= 11 is 1.63. The maximum absolute atomic E-state index is 11.9. The van der Waals surface area contributed by atoms with Crippen molar-refractivity contribution in [2.24, 2.45) is 0 Å². The fourth-order valence-electron chi connectivity index (χ4n) is 1.64. The highest BCUT2D eigenvalue weighted by Crippen LogP contribution is 2.19. The second kappa shape index (κ2) is 6.24. The Balaban J connectivity index is 1.94. The highest BCUT2D eigenvalue weighted by atomic mass is 32.1. The molecule has 0 fully saturated rings. The van der Waals surface area contributed by atoms with E-state index in [1.54, 1.807) is 29.5 Å². The lowest BCUT2D eigenvalue weighted by Gasteiger charge is -2.07. The van der Waals surface area contributed by atoms with Gasteiger partial charge in [-0.2, -0.15) is 11.3 Å². The van der Waals surface area contributed by atoms with Crippen LogP contribution in [0.5, 0.6) is 5.75 Å². The largest absolute Gasteiger partial charge is 0.497 e. The van der Waals surface area contributed by atoms with Crippen LogP contribution in [0.25, 0.3) is 0 Å². The topological polar surface area (TPSA) is 61.5 Å². The number of thiophene rings is 1. The average Bonchev–Trinajstić information content (AvgIpc) is 2.91. The first kappa shape index (κ1) is 13.4. The Morgan fingerprint density at radius 2 is 2.21 bits per heavy atom. The Bertz CT molecular complexity index is 552. The number of ether oxygens (including phenoxy) is 2. The molecule has 4 nitrogen and oxygen atoms in total. The van der Waals surface area contributed by atoms with Gasteiger partial charge in [0.15, 0.2) is 0 Å². The number of nitrogens with two attached hydrogens (primary N) is 1. The van der Waals surface area contributed by atoms with Crippen molar-refractivity contribution in [1.82, 2.24) is 0 Å². The van der Waals surface area contributed by atoms with E-state index in [9.17, 15) is 4.79 Å². The van der Waals surface area contributed by atoms with Crippen molar-refractivity contribution in [3.63, 3.8) is 0 Å². The minimum atomic E-state index is -0.388. The summed E-state index contributed by atoms with van der Waals surface area (Å²) in [6, 6.07) is 6.86. The zero-order chi connectivity index (χ0) is 13.7. The van der Waals surface area contributed by atoms with Gasteiger partial charge in [0.05, 0.1) is 19.3 Å². The van der Waals surface area contributed by atoms with Gasteiger partial charge in [-0.3, -0.25) is 0 Å². The summed E-state index contributed by atoms with van der Waals surface area (Å²) in [5.74, 6) is 0.158. The first-order valence-corrected chi connectivity index (χ1v) is 6.76. The molecule has 0 saturated carbocycles. The minimum Gasteiger partial charge on any atom is -0.497 e. The van der Waals surface area contributed by atoms with Crippen molar-refractivity contribution >= 4 is 23.0 Å². The smallest absolute Gasteiger partial charge is 0.338 e. The van der Waals surface area contributed by atoms with Crippen LogP contribution in [0, 0.1) is 0 Å². The number of hydrogen-bond acceptors (Lipinski definition) is 5. The molecule has 1 heterocycles. The second-order valence-corrected chi connectivity index (χ2v) is 4.79. The number of carbonyl (C=O) groups is 1. The van der Waals surface area contributed by atoms with Crippen molar-refractivity contribution in [3.05, 3.63) is 46.2 Å². The number of nitrogen functional groups attached to an aromatic ring is 1. The molecule has 0 radical (unpaired) electrons. The Morgan fingerprint density at radius 1 is 1.37 bits per heavy atom. The van der Waals surface area contributed by atoms with Crippen LogP contribution in [0.2, 0.25) is 0 Å². The van der Waals surface area contributed by atoms with E-state index in [2.05, 4.69) is 0 Å². The van der Waals surface area contributed by atoms with E-state index in [1.807, 2.05) is 16.8 Å². The standard InChI is InChI=1S/C14H15NO3S/c1-17-13-7-11(6-12(15)8-13)14(16)18-4-2-10-3-5-19-9-10/h3,5-9H,2,4,15H2,1H3. The van der Waals surface area contributed by atoms with Crippen LogP contribution >= 0.6 is 11.3 Å². The Hall–Kier alpha value is -2.01. The van der Waals surface area contributed by atoms with E-state index in [-0.39, 0.29) is 5.97 Å². The van der Waals surface area contributed by atoms with E-state index < -0.39 is 0 Å². The third kappa shape index (κ3) is 3.72. The SMILES string of the molecule is COc1cc(N)cc(C(=O)OCCc2ccsc2)c1. The molecule has 100 valence electrons. The third-order valence-corrected chi connectivity index (χ3v) is 3.34. The summed E-state index contributed by atoms with van der Waals surface area (Å²) in [6.07, 6.45) is 0.717. The van der Waals surface area contributed by atoms with E-state index in [0.717, 1.165) is 0 Å². The molecule has 0 saturated heterocycles. The molecule has 5 heteroatoms. The number of carbonyl (C=O) groups excluding carboxylic acids is 1. The Labute approximate surface area is 115 Å². The molecular weight excluding hydrogens is 262 g/mol. The van der Waals surface area contributed by atoms with Crippen LogP contribution in [0.3, 0.4) is 0 Å². The predicted octanol–water partition coefficient (Wildman–Crippen LogP) is 2.74. The molecule has 2 N–H and O–H groups in total. The van der Waals surface area contributed by atoms with Crippen molar-refractivity contribution in [1.29, 1.82) is 0 Å². The van der Waals surface area contributed by atoms with Crippen LogP contribution in [0.4, 0.5) is 5.69 Å². The lowest BCUT2D eigenvalue weighted by molar-refractivity contribution is 0.0509. The normalized spacial score (nSPS) is 10.2. The second-order valence-electron chi connectivity index (χ2n) is 4.01. The molecule has 0 aliphatic rings. The van der Waals surface area contributed by atoms with Crippen molar-refractivity contribution in [2.45, 2.75) is 6.42 Å². The molecule has 0 unspecified atom stereocenters. The minimum absolute atomic E-state index is 0.354. The molecule has 2 aromatic rings. The van der Waals surface area contributed by atoms with Gasteiger partial charge >= 0.3 is 5.97 Å². The maximum Gasteiger partial charge on any atom is 0.338 e. The van der Waals surface area contributed by atoms with E-state index >= 15 is 0 Å². The van der Waals surface area contributed by atoms with Crippen molar-refractivity contribution in [2.75, 3.05) is 19.5 Å². The van der Waals surface area contributed by atoms with Crippen LogP contribution in [0.15, 0.2) is 35.0 Å². The fraction of sp³-hybridized carbons (Fsp3) is 0.214. The summed E-state index contributed by atoms with van der Waals surface area (Å²) in [4.78, 5) is 11.9. The van der Waals surface area contributed by atoms with Gasteiger partial charge < -0.3 is 15.2 Å². The van der Waals surface area contributed by atoms with Crippen molar-refractivity contribution in [3.8, 4) is 5.75 Å². The Morgan fingerprint density at radius 3 is 2.89 bits per heavy atom. The molecule has 0 aliphatic heterocycles. The van der Waals surface area contributed by atoms with Gasteiger partial charge in [0.25, 0.3) is 0 Å². The molecule has 0 aliphatic carbocycles. The average molecular weight is 277 g/mol. The van der Waals surface area contributed by atoms with Crippen LogP contribution in [-0.2, 0) is 11.2 Å². The van der Waals surface area contributed by atoms with Crippen molar-refractivity contribution < 1.29 is 14.3 Å². The molecular formula is C14H15NO3S. The van der Waals surface area contributed by atoms with E-state index in [4.69, 9.17) is 15.2 Å². The van der Waals surface area contributed by atoms with Gasteiger partial charge in [0, 0.05) is 18.2 Å². The lowest BCUT2D eigenvalue weighted by Crippen LogP contribution is -2.08. The van der Waals surface area contributed by atoms with Gasteiger partial charge in [-0.1, -0.05) is 0 Å². The maximum atomic E-state index is 11.9. The number of anilines is 1. The van der Waals surface area contributed by atoms with E-state index in [1.165, 1.54) is 12.7 Å². The fourth-order valence-corrected chi connectivity index (χ4v) is 2.34.